The minimum atomic E-state index is -0.640. The van der Waals surface area contributed by atoms with E-state index in [4.69, 9.17) is 4.84 Å². The molecular weight excluding hydrogens is 304 g/mol. The standard InChI is InChI=1S/C15H18N2O6/c1-2-10(16-11(18)6-7-12(16)19)4-3-5-15(22)23-17-13(20)8-9-14(17)21/h6-10,20-21H,2-5H2,1H3. The van der Waals surface area contributed by atoms with E-state index in [2.05, 4.69) is 0 Å². The largest absolute Gasteiger partial charge is 0.492 e. The van der Waals surface area contributed by atoms with Gasteiger partial charge in [-0.1, -0.05) is 6.92 Å². The van der Waals surface area contributed by atoms with Gasteiger partial charge in [0.05, 0.1) is 0 Å². The summed E-state index contributed by atoms with van der Waals surface area (Å²) >= 11 is 0. The summed E-state index contributed by atoms with van der Waals surface area (Å²) in [6.07, 6.45) is 3.95. The van der Waals surface area contributed by atoms with E-state index in [1.165, 1.54) is 29.2 Å². The normalized spacial score (nSPS) is 15.3. The van der Waals surface area contributed by atoms with Crippen molar-refractivity contribution < 1.29 is 29.4 Å². The molecule has 23 heavy (non-hydrogen) atoms. The van der Waals surface area contributed by atoms with Crippen LogP contribution < -0.4 is 4.84 Å². The molecule has 1 aromatic rings. The van der Waals surface area contributed by atoms with Gasteiger partial charge in [0, 0.05) is 36.7 Å². The third-order valence-corrected chi connectivity index (χ3v) is 3.59. The number of amides is 2. The molecule has 0 aromatic carbocycles. The Morgan fingerprint density at radius 1 is 1.17 bits per heavy atom. The first-order chi connectivity index (χ1) is 10.9. The summed E-state index contributed by atoms with van der Waals surface area (Å²) in [4.78, 5) is 41.0. The lowest BCUT2D eigenvalue weighted by Crippen LogP contribution is -2.39. The molecule has 1 unspecified atom stereocenters. The second-order valence-electron chi connectivity index (χ2n) is 5.14. The molecule has 0 spiro atoms. The molecule has 0 saturated carbocycles. The fraction of sp³-hybridized carbons (Fsp3) is 0.400. The van der Waals surface area contributed by atoms with E-state index in [1.54, 1.807) is 0 Å². The van der Waals surface area contributed by atoms with E-state index < -0.39 is 5.97 Å². The van der Waals surface area contributed by atoms with Crippen molar-refractivity contribution in [2.75, 3.05) is 0 Å². The maximum absolute atomic E-state index is 11.7. The summed E-state index contributed by atoms with van der Waals surface area (Å²) in [6.45, 7) is 1.86. The molecule has 2 N–H and O–H groups in total. The Bertz CT molecular complexity index is 611. The Kier molecular flexibility index (Phi) is 5.05. The summed E-state index contributed by atoms with van der Waals surface area (Å²) in [6, 6.07) is 2.10. The fourth-order valence-corrected chi connectivity index (χ4v) is 2.41. The van der Waals surface area contributed by atoms with Gasteiger partial charge in [0.2, 0.25) is 11.8 Å². The maximum Gasteiger partial charge on any atom is 0.333 e. The van der Waals surface area contributed by atoms with Crippen molar-refractivity contribution in [1.82, 2.24) is 9.63 Å². The zero-order valence-electron chi connectivity index (χ0n) is 12.6. The van der Waals surface area contributed by atoms with Gasteiger partial charge in [0.25, 0.3) is 11.8 Å². The van der Waals surface area contributed by atoms with Crippen LogP contribution in [0.2, 0.25) is 0 Å². The van der Waals surface area contributed by atoms with Crippen LogP contribution in [0.3, 0.4) is 0 Å². The average Bonchev–Trinajstić information content (AvgIpc) is 3.01. The first kappa shape index (κ1) is 16.6. The zero-order valence-corrected chi connectivity index (χ0v) is 12.6. The van der Waals surface area contributed by atoms with Crippen LogP contribution in [-0.2, 0) is 14.4 Å². The molecule has 1 aromatic heterocycles. The van der Waals surface area contributed by atoms with Crippen LogP contribution in [0.1, 0.15) is 32.6 Å². The molecule has 1 aliphatic rings. The molecule has 0 saturated heterocycles. The predicted molar refractivity (Wildman–Crippen MR) is 78.3 cm³/mol. The summed E-state index contributed by atoms with van der Waals surface area (Å²) in [5, 5.41) is 18.7. The molecule has 0 radical (unpaired) electrons. The minimum Gasteiger partial charge on any atom is -0.492 e. The lowest BCUT2D eigenvalue weighted by atomic mass is 10.1. The zero-order chi connectivity index (χ0) is 17.0. The number of aromatic hydroxyl groups is 2. The van der Waals surface area contributed by atoms with Crippen molar-refractivity contribution in [2.24, 2.45) is 0 Å². The molecule has 0 bridgehead atoms. The van der Waals surface area contributed by atoms with E-state index in [9.17, 15) is 24.6 Å². The second kappa shape index (κ2) is 6.99. The molecule has 0 aliphatic carbocycles. The number of nitrogens with zero attached hydrogens (tertiary/aromatic N) is 2. The fourth-order valence-electron chi connectivity index (χ4n) is 2.41. The molecule has 2 rings (SSSR count). The molecule has 1 aliphatic heterocycles. The van der Waals surface area contributed by atoms with Crippen LogP contribution in [0.5, 0.6) is 11.8 Å². The number of imide groups is 1. The van der Waals surface area contributed by atoms with Crippen molar-refractivity contribution in [3.63, 3.8) is 0 Å². The number of aromatic nitrogens is 1. The van der Waals surface area contributed by atoms with Crippen LogP contribution in [0, 0.1) is 0 Å². The second-order valence-corrected chi connectivity index (χ2v) is 5.14. The lowest BCUT2D eigenvalue weighted by Gasteiger charge is -2.24. The van der Waals surface area contributed by atoms with Crippen molar-refractivity contribution in [3.05, 3.63) is 24.3 Å². The maximum atomic E-state index is 11.7. The van der Waals surface area contributed by atoms with Crippen LogP contribution in [0.15, 0.2) is 24.3 Å². The predicted octanol–water partition coefficient (Wildman–Crippen LogP) is 0.728. The Balaban J connectivity index is 1.82. The van der Waals surface area contributed by atoms with E-state index in [1.807, 2.05) is 6.92 Å². The highest BCUT2D eigenvalue weighted by atomic mass is 16.7. The molecule has 124 valence electrons. The highest BCUT2D eigenvalue weighted by Gasteiger charge is 2.29. The minimum absolute atomic E-state index is 0.0250. The van der Waals surface area contributed by atoms with Gasteiger partial charge in [-0.25, -0.2) is 4.79 Å². The number of hydrogen-bond acceptors (Lipinski definition) is 6. The van der Waals surface area contributed by atoms with Crippen molar-refractivity contribution in [3.8, 4) is 11.8 Å². The summed E-state index contributed by atoms with van der Waals surface area (Å²) in [7, 11) is 0. The molecule has 2 heterocycles. The molecule has 8 nitrogen and oxygen atoms in total. The topological polar surface area (TPSA) is 109 Å². The Morgan fingerprint density at radius 3 is 2.26 bits per heavy atom. The molecule has 2 amide bonds. The number of carbonyl (C=O) groups excluding carboxylic acids is 3. The Hall–Kier alpha value is -2.77. The van der Waals surface area contributed by atoms with Gasteiger partial charge in [-0.15, -0.1) is 4.73 Å². The monoisotopic (exact) mass is 322 g/mol. The van der Waals surface area contributed by atoms with Gasteiger partial charge in [0.1, 0.15) is 0 Å². The number of hydrogen-bond donors (Lipinski definition) is 2. The summed E-state index contributed by atoms with van der Waals surface area (Å²) in [5.41, 5.74) is 0. The van der Waals surface area contributed by atoms with Gasteiger partial charge in [-0.3, -0.25) is 14.5 Å². The van der Waals surface area contributed by atoms with E-state index in [0.29, 0.717) is 24.0 Å². The van der Waals surface area contributed by atoms with Gasteiger partial charge in [-0.05, 0) is 19.3 Å². The lowest BCUT2D eigenvalue weighted by molar-refractivity contribution is -0.145. The van der Waals surface area contributed by atoms with Gasteiger partial charge >= 0.3 is 5.97 Å². The quantitative estimate of drug-likeness (QED) is 0.716. The van der Waals surface area contributed by atoms with Gasteiger partial charge < -0.3 is 15.1 Å². The van der Waals surface area contributed by atoms with Crippen LogP contribution in [0.4, 0.5) is 0 Å². The number of carbonyl (C=O) groups is 3. The summed E-state index contributed by atoms with van der Waals surface area (Å²) in [5.74, 6) is -2.10. The van der Waals surface area contributed by atoms with E-state index in [-0.39, 0.29) is 36.0 Å². The SMILES string of the molecule is CCC(CCCC(=O)On1c(O)ccc1O)N1C(=O)C=CC1=O. The van der Waals surface area contributed by atoms with Gasteiger partial charge in [0.15, 0.2) is 0 Å². The molecule has 8 heteroatoms. The van der Waals surface area contributed by atoms with Gasteiger partial charge in [-0.2, -0.15) is 0 Å². The average molecular weight is 322 g/mol. The molecule has 1 atom stereocenters. The van der Waals surface area contributed by atoms with E-state index in [0.717, 1.165) is 0 Å². The Morgan fingerprint density at radius 2 is 1.74 bits per heavy atom. The molecule has 0 fully saturated rings. The smallest absolute Gasteiger partial charge is 0.333 e. The third kappa shape index (κ3) is 3.71. The van der Waals surface area contributed by atoms with Crippen molar-refractivity contribution in [1.29, 1.82) is 0 Å². The molecular formula is C15H18N2O6. The third-order valence-electron chi connectivity index (χ3n) is 3.59. The van der Waals surface area contributed by atoms with Crippen LogP contribution in [-0.4, -0.2) is 43.7 Å². The van der Waals surface area contributed by atoms with Crippen LogP contribution >= 0.6 is 0 Å². The Labute approximate surface area is 132 Å². The van der Waals surface area contributed by atoms with Crippen LogP contribution in [0.25, 0.3) is 0 Å². The van der Waals surface area contributed by atoms with E-state index >= 15 is 0 Å². The van der Waals surface area contributed by atoms with Crippen molar-refractivity contribution in [2.45, 2.75) is 38.6 Å². The first-order valence-corrected chi connectivity index (χ1v) is 7.30. The summed E-state index contributed by atoms with van der Waals surface area (Å²) < 4.78 is 0.622. The number of rotatable bonds is 7. The first-order valence-electron chi connectivity index (χ1n) is 7.30. The van der Waals surface area contributed by atoms with Crippen molar-refractivity contribution >= 4 is 17.8 Å². The highest BCUT2D eigenvalue weighted by Crippen LogP contribution is 2.20. The highest BCUT2D eigenvalue weighted by molar-refractivity contribution is 6.13.